The number of rotatable bonds is 2. The molecule has 0 aromatic rings. The van der Waals surface area contributed by atoms with Crippen molar-refractivity contribution >= 4 is 7.12 Å². The van der Waals surface area contributed by atoms with Crippen LogP contribution in [0.15, 0.2) is 11.5 Å². The first-order valence-corrected chi connectivity index (χ1v) is 8.18. The van der Waals surface area contributed by atoms with E-state index in [0.29, 0.717) is 0 Å². The monoisotopic (exact) mass is 277 g/mol. The van der Waals surface area contributed by atoms with Gasteiger partial charge in [0.15, 0.2) is 0 Å². The van der Waals surface area contributed by atoms with E-state index in [4.69, 9.17) is 9.31 Å². The number of nitrogens with zero attached hydrogens (tertiary/aromatic N) is 1. The molecular formula is C16H28BNO2. The van der Waals surface area contributed by atoms with Gasteiger partial charge in [-0.2, -0.15) is 0 Å². The molecule has 0 saturated carbocycles. The molecule has 0 aromatic carbocycles. The lowest BCUT2D eigenvalue weighted by Crippen LogP contribution is -2.41. The van der Waals surface area contributed by atoms with Gasteiger partial charge in [-0.15, -0.1) is 0 Å². The predicted octanol–water partition coefficient (Wildman–Crippen LogP) is 3.19. The van der Waals surface area contributed by atoms with E-state index in [1.807, 2.05) is 0 Å². The molecule has 1 atom stereocenters. The van der Waals surface area contributed by atoms with Crippen LogP contribution >= 0.6 is 0 Å². The van der Waals surface area contributed by atoms with Crippen molar-refractivity contribution in [1.29, 1.82) is 0 Å². The fraction of sp³-hybridized carbons (Fsp3) is 0.875. The molecule has 0 bridgehead atoms. The van der Waals surface area contributed by atoms with E-state index in [0.717, 1.165) is 12.5 Å². The van der Waals surface area contributed by atoms with E-state index in [1.165, 1.54) is 44.2 Å². The van der Waals surface area contributed by atoms with E-state index in [2.05, 4.69) is 38.7 Å². The summed E-state index contributed by atoms with van der Waals surface area (Å²) in [6.45, 7) is 11.1. The van der Waals surface area contributed by atoms with Gasteiger partial charge in [-0.3, -0.25) is 0 Å². The van der Waals surface area contributed by atoms with Crippen LogP contribution < -0.4 is 0 Å². The molecule has 0 radical (unpaired) electrons. The summed E-state index contributed by atoms with van der Waals surface area (Å²) in [6.07, 6.45) is 8.69. The lowest BCUT2D eigenvalue weighted by Gasteiger charge is -2.32. The number of likely N-dealkylation sites (tertiary alicyclic amines) is 1. The van der Waals surface area contributed by atoms with Crippen molar-refractivity contribution in [1.82, 2.24) is 4.90 Å². The largest absolute Gasteiger partial charge is 0.490 e. The second kappa shape index (κ2) is 5.15. The molecule has 0 N–H and O–H groups in total. The zero-order valence-corrected chi connectivity index (χ0v) is 13.4. The van der Waals surface area contributed by atoms with E-state index in [9.17, 15) is 0 Å². The van der Waals surface area contributed by atoms with E-state index < -0.39 is 0 Å². The van der Waals surface area contributed by atoms with E-state index in [1.54, 1.807) is 0 Å². The van der Waals surface area contributed by atoms with Crippen LogP contribution in [0.4, 0.5) is 0 Å². The van der Waals surface area contributed by atoms with Crippen LogP contribution in [-0.4, -0.2) is 42.4 Å². The molecule has 0 spiro atoms. The average molecular weight is 277 g/mol. The van der Waals surface area contributed by atoms with Crippen molar-refractivity contribution in [2.75, 3.05) is 13.1 Å². The van der Waals surface area contributed by atoms with Crippen LogP contribution in [0.1, 0.15) is 59.8 Å². The average Bonchev–Trinajstić information content (AvgIpc) is 2.97. The van der Waals surface area contributed by atoms with Crippen molar-refractivity contribution in [2.24, 2.45) is 0 Å². The zero-order chi connectivity index (χ0) is 14.4. The van der Waals surface area contributed by atoms with Gasteiger partial charge in [0.1, 0.15) is 0 Å². The molecule has 3 aliphatic rings. The third-order valence-corrected chi connectivity index (χ3v) is 5.63. The molecule has 3 nitrogen and oxygen atoms in total. The Morgan fingerprint density at radius 2 is 1.70 bits per heavy atom. The van der Waals surface area contributed by atoms with Gasteiger partial charge in [-0.1, -0.05) is 6.08 Å². The molecule has 112 valence electrons. The van der Waals surface area contributed by atoms with Crippen LogP contribution in [0.3, 0.4) is 0 Å². The predicted molar refractivity (Wildman–Crippen MR) is 82.6 cm³/mol. The normalized spacial score (nSPS) is 33.5. The maximum absolute atomic E-state index is 6.16. The van der Waals surface area contributed by atoms with Gasteiger partial charge in [-0.05, 0) is 78.4 Å². The Morgan fingerprint density at radius 1 is 1.10 bits per heavy atom. The highest BCUT2D eigenvalue weighted by atomic mass is 16.7. The van der Waals surface area contributed by atoms with Crippen molar-refractivity contribution in [2.45, 2.75) is 77.0 Å². The molecule has 20 heavy (non-hydrogen) atoms. The maximum atomic E-state index is 6.16. The quantitative estimate of drug-likeness (QED) is 0.723. The Morgan fingerprint density at radius 3 is 2.20 bits per heavy atom. The minimum absolute atomic E-state index is 0.125. The molecule has 1 aliphatic carbocycles. The molecular weight excluding hydrogens is 249 g/mol. The topological polar surface area (TPSA) is 21.7 Å². The molecule has 3 rings (SSSR count). The molecule has 0 aromatic heterocycles. The minimum atomic E-state index is -0.218. The summed E-state index contributed by atoms with van der Waals surface area (Å²) in [4.78, 5) is 2.66. The molecule has 2 aliphatic heterocycles. The molecule has 0 amide bonds. The fourth-order valence-electron chi connectivity index (χ4n) is 3.49. The molecule has 2 heterocycles. The van der Waals surface area contributed by atoms with Crippen LogP contribution in [-0.2, 0) is 9.31 Å². The second-order valence-corrected chi connectivity index (χ2v) is 7.54. The Bertz CT molecular complexity index is 383. The maximum Gasteiger partial charge on any atom is 0.490 e. The lowest BCUT2D eigenvalue weighted by atomic mass is 9.71. The van der Waals surface area contributed by atoms with Crippen molar-refractivity contribution < 1.29 is 9.31 Å². The van der Waals surface area contributed by atoms with Gasteiger partial charge in [0.25, 0.3) is 0 Å². The highest BCUT2D eigenvalue weighted by Gasteiger charge is 2.52. The zero-order valence-electron chi connectivity index (χ0n) is 13.4. The summed E-state index contributed by atoms with van der Waals surface area (Å²) in [5.41, 5.74) is 0.924. The first kappa shape index (κ1) is 14.6. The molecule has 0 unspecified atom stereocenters. The Hall–Kier alpha value is -0.315. The fourth-order valence-corrected chi connectivity index (χ4v) is 3.49. The Kier molecular flexibility index (Phi) is 3.76. The number of hydrogen-bond acceptors (Lipinski definition) is 3. The van der Waals surface area contributed by atoms with Crippen molar-refractivity contribution in [3.63, 3.8) is 0 Å². The molecule has 4 heteroatoms. The SMILES string of the molecule is CC1(C)OB(C2=CC[C@H](N3CCCC3)CC2)OC1(C)C. The summed E-state index contributed by atoms with van der Waals surface area (Å²) in [5, 5.41) is 0. The highest BCUT2D eigenvalue weighted by molar-refractivity contribution is 6.54. The summed E-state index contributed by atoms with van der Waals surface area (Å²) in [5.74, 6) is 0. The van der Waals surface area contributed by atoms with Crippen LogP contribution in [0.2, 0.25) is 0 Å². The van der Waals surface area contributed by atoms with Gasteiger partial charge >= 0.3 is 7.12 Å². The molecule has 2 fully saturated rings. The standard InChI is InChI=1S/C16H28BNO2/c1-15(2)16(3,4)20-17(19-15)13-7-9-14(10-8-13)18-11-5-6-12-18/h7,14H,5-6,8-12H2,1-4H3/t14-/m0/s1. The first-order valence-electron chi connectivity index (χ1n) is 8.18. The number of hydrogen-bond donors (Lipinski definition) is 0. The van der Waals surface area contributed by atoms with Gasteiger partial charge in [-0.25, -0.2) is 0 Å². The third-order valence-electron chi connectivity index (χ3n) is 5.63. The van der Waals surface area contributed by atoms with Crippen LogP contribution in [0.25, 0.3) is 0 Å². The summed E-state index contributed by atoms with van der Waals surface area (Å²) < 4.78 is 12.3. The van der Waals surface area contributed by atoms with Crippen molar-refractivity contribution in [3.05, 3.63) is 11.5 Å². The van der Waals surface area contributed by atoms with Gasteiger partial charge in [0.05, 0.1) is 11.2 Å². The highest BCUT2D eigenvalue weighted by Crippen LogP contribution is 2.40. The smallest absolute Gasteiger partial charge is 0.400 e. The second-order valence-electron chi connectivity index (χ2n) is 7.54. The van der Waals surface area contributed by atoms with Crippen LogP contribution in [0.5, 0.6) is 0 Å². The first-order chi connectivity index (χ1) is 9.39. The summed E-state index contributed by atoms with van der Waals surface area (Å²) in [7, 11) is -0.125. The third kappa shape index (κ3) is 2.58. The van der Waals surface area contributed by atoms with E-state index in [-0.39, 0.29) is 18.3 Å². The summed E-state index contributed by atoms with van der Waals surface area (Å²) in [6, 6.07) is 0.753. The molecule has 2 saturated heterocycles. The minimum Gasteiger partial charge on any atom is -0.400 e. The van der Waals surface area contributed by atoms with Gasteiger partial charge < -0.3 is 14.2 Å². The van der Waals surface area contributed by atoms with Gasteiger partial charge in [0.2, 0.25) is 0 Å². The summed E-state index contributed by atoms with van der Waals surface area (Å²) >= 11 is 0. The van der Waals surface area contributed by atoms with E-state index >= 15 is 0 Å². The van der Waals surface area contributed by atoms with Crippen molar-refractivity contribution in [3.8, 4) is 0 Å². The van der Waals surface area contributed by atoms with Crippen LogP contribution in [0, 0.1) is 0 Å². The Balaban J connectivity index is 1.62. The Labute approximate surface area is 123 Å². The number of allylic oxidation sites excluding steroid dienone is 1. The van der Waals surface area contributed by atoms with Gasteiger partial charge in [0, 0.05) is 6.04 Å². The lowest BCUT2D eigenvalue weighted by molar-refractivity contribution is 0.00578.